The van der Waals surface area contributed by atoms with Crippen LogP contribution in [0.4, 0.5) is 17.3 Å². The van der Waals surface area contributed by atoms with Gasteiger partial charge in [0.1, 0.15) is 0 Å². The number of fused-ring (bicyclic) bond motifs is 1. The van der Waals surface area contributed by atoms with Crippen LogP contribution < -0.4 is 10.0 Å². The third-order valence-corrected chi connectivity index (χ3v) is 5.75. The van der Waals surface area contributed by atoms with Crippen molar-refractivity contribution in [2.24, 2.45) is 0 Å². The maximum absolute atomic E-state index is 12.6. The van der Waals surface area contributed by atoms with Gasteiger partial charge in [0.25, 0.3) is 10.0 Å². The Hall–Kier alpha value is -3.23. The smallest absolute Gasteiger partial charge is 0.264 e. The molecule has 9 heteroatoms. The Morgan fingerprint density at radius 3 is 2.45 bits per heavy atom. The minimum Gasteiger partial charge on any atom is -0.355 e. The zero-order valence-corrected chi connectivity index (χ0v) is 16.9. The summed E-state index contributed by atoms with van der Waals surface area (Å²) in [5.74, 6) is 0.0362. The molecule has 0 atom stereocenters. The fourth-order valence-electron chi connectivity index (χ4n) is 2.78. The Morgan fingerprint density at radius 2 is 1.69 bits per heavy atom. The largest absolute Gasteiger partial charge is 0.355 e. The van der Waals surface area contributed by atoms with Crippen LogP contribution in [0.25, 0.3) is 10.9 Å². The molecule has 2 N–H and O–H groups in total. The molecule has 0 amide bonds. The monoisotopic (exact) mass is 425 g/mol. The van der Waals surface area contributed by atoms with Gasteiger partial charge in [0, 0.05) is 39.9 Å². The van der Waals surface area contributed by atoms with E-state index < -0.39 is 10.0 Å². The molecule has 0 radical (unpaired) electrons. The highest BCUT2D eigenvalue weighted by Crippen LogP contribution is 2.27. The number of aryl methyl sites for hydroxylation is 1. The van der Waals surface area contributed by atoms with Crippen molar-refractivity contribution < 1.29 is 8.42 Å². The minimum absolute atomic E-state index is 0.0362. The molecule has 7 nitrogen and oxygen atoms in total. The van der Waals surface area contributed by atoms with E-state index in [2.05, 4.69) is 25.0 Å². The molecule has 29 heavy (non-hydrogen) atoms. The molecule has 2 aromatic carbocycles. The van der Waals surface area contributed by atoms with E-state index in [9.17, 15) is 8.42 Å². The second-order valence-electron chi connectivity index (χ2n) is 6.30. The lowest BCUT2D eigenvalue weighted by atomic mass is 10.2. The molecule has 4 aromatic rings. The predicted molar refractivity (Wildman–Crippen MR) is 114 cm³/mol. The molecule has 0 unspecified atom stereocenters. The van der Waals surface area contributed by atoms with Crippen molar-refractivity contribution >= 4 is 49.9 Å². The Morgan fingerprint density at radius 1 is 0.931 bits per heavy atom. The van der Waals surface area contributed by atoms with Gasteiger partial charge in [0.15, 0.2) is 0 Å². The van der Waals surface area contributed by atoms with Crippen LogP contribution >= 0.6 is 11.6 Å². The van der Waals surface area contributed by atoms with Gasteiger partial charge in [-0.2, -0.15) is 0 Å². The highest BCUT2D eigenvalue weighted by Gasteiger charge is 2.15. The second-order valence-corrected chi connectivity index (χ2v) is 8.42. The summed E-state index contributed by atoms with van der Waals surface area (Å²) < 4.78 is 27.5. The number of anilines is 3. The lowest BCUT2D eigenvalue weighted by Crippen LogP contribution is -2.15. The first-order valence-electron chi connectivity index (χ1n) is 8.64. The van der Waals surface area contributed by atoms with E-state index in [1.165, 1.54) is 18.3 Å². The van der Waals surface area contributed by atoms with E-state index in [1.54, 1.807) is 43.5 Å². The third kappa shape index (κ3) is 4.28. The molecule has 0 spiro atoms. The predicted octanol–water partition coefficient (Wildman–Crippen LogP) is 4.53. The summed E-state index contributed by atoms with van der Waals surface area (Å²) in [4.78, 5) is 12.4. The average molecular weight is 426 g/mol. The van der Waals surface area contributed by atoms with E-state index in [4.69, 9.17) is 11.6 Å². The Balaban J connectivity index is 1.57. The van der Waals surface area contributed by atoms with E-state index >= 15 is 0 Å². The number of benzene rings is 2. The number of nitrogens with zero attached hydrogens (tertiary/aromatic N) is 3. The first kappa shape index (κ1) is 19.1. The zero-order valence-electron chi connectivity index (χ0n) is 15.3. The van der Waals surface area contributed by atoms with Crippen LogP contribution in [0.15, 0.2) is 71.9 Å². The summed E-state index contributed by atoms with van der Waals surface area (Å²) in [6, 6.07) is 15.4. The topological polar surface area (TPSA) is 96.9 Å². The molecule has 0 saturated carbocycles. The molecule has 0 aliphatic heterocycles. The standard InChI is InChI=1S/C20H16ClN5O2S/c1-13-8-10-23-20(24-13)26-29(27,28)16-5-3-15(4-6-16)25-18-9-11-22-19-12-14(21)2-7-17(18)19/h2-12H,1H3,(H,22,25)(H,23,24,26). The molecule has 2 heterocycles. The summed E-state index contributed by atoms with van der Waals surface area (Å²) in [6.07, 6.45) is 3.19. The lowest BCUT2D eigenvalue weighted by Gasteiger charge is -2.11. The molecule has 0 saturated heterocycles. The number of sulfonamides is 1. The maximum atomic E-state index is 12.6. The van der Waals surface area contributed by atoms with Gasteiger partial charge in [-0.1, -0.05) is 11.6 Å². The van der Waals surface area contributed by atoms with Gasteiger partial charge in [-0.05, 0) is 61.5 Å². The van der Waals surface area contributed by atoms with Crippen LogP contribution in [-0.4, -0.2) is 23.4 Å². The fraction of sp³-hybridized carbons (Fsp3) is 0.0500. The van der Waals surface area contributed by atoms with E-state index in [0.29, 0.717) is 10.7 Å². The number of pyridine rings is 1. The highest BCUT2D eigenvalue weighted by molar-refractivity contribution is 7.92. The Kier molecular flexibility index (Phi) is 5.04. The van der Waals surface area contributed by atoms with Crippen molar-refractivity contribution in [3.63, 3.8) is 0 Å². The van der Waals surface area contributed by atoms with Crippen LogP contribution in [0.2, 0.25) is 5.02 Å². The summed E-state index contributed by atoms with van der Waals surface area (Å²) in [5.41, 5.74) is 3.01. The number of rotatable bonds is 5. The number of aromatic nitrogens is 3. The minimum atomic E-state index is -3.79. The number of nitrogens with one attached hydrogen (secondary N) is 2. The quantitative estimate of drug-likeness (QED) is 0.487. The van der Waals surface area contributed by atoms with Crippen molar-refractivity contribution in [2.45, 2.75) is 11.8 Å². The fourth-order valence-corrected chi connectivity index (χ4v) is 3.90. The Bertz CT molecular complexity index is 1290. The van der Waals surface area contributed by atoms with E-state index in [-0.39, 0.29) is 10.8 Å². The van der Waals surface area contributed by atoms with Gasteiger partial charge in [0.05, 0.1) is 10.4 Å². The summed E-state index contributed by atoms with van der Waals surface area (Å²) in [7, 11) is -3.79. The van der Waals surface area contributed by atoms with Crippen molar-refractivity contribution in [1.82, 2.24) is 15.0 Å². The van der Waals surface area contributed by atoms with Crippen LogP contribution in [0, 0.1) is 6.92 Å². The molecule has 0 aliphatic rings. The molecule has 2 aromatic heterocycles. The average Bonchev–Trinajstić information content (AvgIpc) is 2.68. The number of halogens is 1. The second kappa shape index (κ2) is 7.65. The van der Waals surface area contributed by atoms with E-state index in [0.717, 1.165) is 22.3 Å². The summed E-state index contributed by atoms with van der Waals surface area (Å²) in [6.45, 7) is 1.76. The van der Waals surface area contributed by atoms with Gasteiger partial charge in [0.2, 0.25) is 5.95 Å². The van der Waals surface area contributed by atoms with Crippen molar-refractivity contribution in [3.8, 4) is 0 Å². The Labute approximate surface area is 172 Å². The van der Waals surface area contributed by atoms with Crippen molar-refractivity contribution in [2.75, 3.05) is 10.0 Å². The zero-order chi connectivity index (χ0) is 20.4. The molecule has 146 valence electrons. The number of hydrogen-bond acceptors (Lipinski definition) is 6. The maximum Gasteiger partial charge on any atom is 0.264 e. The normalized spacial score (nSPS) is 11.4. The highest BCUT2D eigenvalue weighted by atomic mass is 35.5. The van der Waals surface area contributed by atoms with Crippen LogP contribution in [0.3, 0.4) is 0 Å². The van der Waals surface area contributed by atoms with Gasteiger partial charge in [-0.25, -0.2) is 23.1 Å². The van der Waals surface area contributed by atoms with Crippen molar-refractivity contribution in [3.05, 3.63) is 77.7 Å². The van der Waals surface area contributed by atoms with E-state index in [1.807, 2.05) is 12.1 Å². The van der Waals surface area contributed by atoms with Crippen LogP contribution in [0.5, 0.6) is 0 Å². The van der Waals surface area contributed by atoms with Gasteiger partial charge >= 0.3 is 0 Å². The van der Waals surface area contributed by atoms with Crippen LogP contribution in [0.1, 0.15) is 5.69 Å². The van der Waals surface area contributed by atoms with Gasteiger partial charge in [-0.15, -0.1) is 0 Å². The summed E-state index contributed by atoms with van der Waals surface area (Å²) >= 11 is 6.03. The molecular formula is C20H16ClN5O2S. The molecule has 0 aliphatic carbocycles. The SMILES string of the molecule is Cc1ccnc(NS(=O)(=O)c2ccc(Nc3ccnc4cc(Cl)ccc34)cc2)n1. The van der Waals surface area contributed by atoms with Gasteiger partial charge in [-0.3, -0.25) is 4.98 Å². The van der Waals surface area contributed by atoms with Crippen LogP contribution in [-0.2, 0) is 10.0 Å². The van der Waals surface area contributed by atoms with Crippen molar-refractivity contribution in [1.29, 1.82) is 0 Å². The first-order chi connectivity index (χ1) is 13.9. The summed E-state index contributed by atoms with van der Waals surface area (Å²) in [5, 5.41) is 4.80. The molecule has 0 bridgehead atoms. The third-order valence-electron chi connectivity index (χ3n) is 4.17. The first-order valence-corrected chi connectivity index (χ1v) is 10.5. The molecular weight excluding hydrogens is 410 g/mol. The molecule has 0 fully saturated rings. The lowest BCUT2D eigenvalue weighted by molar-refractivity contribution is 0.601. The molecule has 4 rings (SSSR count). The van der Waals surface area contributed by atoms with Gasteiger partial charge < -0.3 is 5.32 Å². The number of hydrogen-bond donors (Lipinski definition) is 2.